The highest BCUT2D eigenvalue weighted by molar-refractivity contribution is 7.80. The molecule has 1 amide bonds. The van der Waals surface area contributed by atoms with Gasteiger partial charge in [-0.05, 0) is 38.9 Å². The van der Waals surface area contributed by atoms with E-state index < -0.39 is 0 Å². The van der Waals surface area contributed by atoms with Crippen LogP contribution in [0, 0.1) is 0 Å². The molecule has 0 saturated heterocycles. The SMILES string of the molecule is CC(C)NC(=O)CNC(=S)NC1CCCCC1. The van der Waals surface area contributed by atoms with E-state index in [2.05, 4.69) is 16.0 Å². The Bertz CT molecular complexity index is 262. The molecule has 0 bridgehead atoms. The summed E-state index contributed by atoms with van der Waals surface area (Å²) < 4.78 is 0. The van der Waals surface area contributed by atoms with Crippen LogP contribution in [-0.2, 0) is 4.79 Å². The van der Waals surface area contributed by atoms with Gasteiger partial charge in [-0.25, -0.2) is 0 Å². The first-order valence-corrected chi connectivity index (χ1v) is 6.82. The number of thiocarbonyl (C=S) groups is 1. The molecule has 1 aliphatic rings. The van der Waals surface area contributed by atoms with E-state index in [1.165, 1.54) is 32.1 Å². The van der Waals surface area contributed by atoms with Crippen LogP contribution in [0.25, 0.3) is 0 Å². The van der Waals surface area contributed by atoms with Gasteiger partial charge in [-0.2, -0.15) is 0 Å². The van der Waals surface area contributed by atoms with Gasteiger partial charge in [0.05, 0.1) is 6.54 Å². The van der Waals surface area contributed by atoms with Crippen molar-refractivity contribution >= 4 is 23.2 Å². The fourth-order valence-corrected chi connectivity index (χ4v) is 2.26. The molecule has 1 fully saturated rings. The predicted molar refractivity (Wildman–Crippen MR) is 73.9 cm³/mol. The third-order valence-electron chi connectivity index (χ3n) is 2.80. The lowest BCUT2D eigenvalue weighted by atomic mass is 9.96. The molecular formula is C12H23N3OS. The molecule has 0 heterocycles. The Balaban J connectivity index is 2.14. The maximum absolute atomic E-state index is 11.4. The maximum Gasteiger partial charge on any atom is 0.239 e. The monoisotopic (exact) mass is 257 g/mol. The van der Waals surface area contributed by atoms with Crippen LogP contribution in [-0.4, -0.2) is 29.6 Å². The van der Waals surface area contributed by atoms with Crippen molar-refractivity contribution < 1.29 is 4.79 Å². The smallest absolute Gasteiger partial charge is 0.239 e. The van der Waals surface area contributed by atoms with Crippen molar-refractivity contribution in [2.45, 2.75) is 58.0 Å². The van der Waals surface area contributed by atoms with Crippen LogP contribution in [0.4, 0.5) is 0 Å². The van der Waals surface area contributed by atoms with Crippen LogP contribution in [0.1, 0.15) is 46.0 Å². The largest absolute Gasteiger partial charge is 0.360 e. The average Bonchev–Trinajstić information content (AvgIpc) is 2.27. The van der Waals surface area contributed by atoms with Gasteiger partial charge in [-0.15, -0.1) is 0 Å². The Hall–Kier alpha value is -0.840. The summed E-state index contributed by atoms with van der Waals surface area (Å²) in [5, 5.41) is 9.62. The Morgan fingerprint density at radius 1 is 1.29 bits per heavy atom. The number of carbonyl (C=O) groups is 1. The molecule has 0 atom stereocenters. The van der Waals surface area contributed by atoms with Crippen LogP contribution in [0.2, 0.25) is 0 Å². The second-order valence-corrected chi connectivity index (χ2v) is 5.29. The van der Waals surface area contributed by atoms with Crippen LogP contribution < -0.4 is 16.0 Å². The molecule has 0 unspecified atom stereocenters. The number of nitrogens with one attached hydrogen (secondary N) is 3. The van der Waals surface area contributed by atoms with Gasteiger partial charge < -0.3 is 16.0 Å². The van der Waals surface area contributed by atoms with Crippen molar-refractivity contribution in [1.29, 1.82) is 0 Å². The summed E-state index contributed by atoms with van der Waals surface area (Å²) >= 11 is 5.16. The maximum atomic E-state index is 11.4. The minimum absolute atomic E-state index is 0.0206. The predicted octanol–water partition coefficient (Wildman–Crippen LogP) is 1.31. The molecule has 0 aliphatic heterocycles. The molecule has 5 heteroatoms. The number of carbonyl (C=O) groups excluding carboxylic acids is 1. The zero-order valence-electron chi connectivity index (χ0n) is 10.7. The molecule has 0 radical (unpaired) electrons. The lowest BCUT2D eigenvalue weighted by Gasteiger charge is -2.24. The first-order valence-electron chi connectivity index (χ1n) is 6.41. The van der Waals surface area contributed by atoms with Gasteiger partial charge in [-0.1, -0.05) is 19.3 Å². The standard InChI is InChI=1S/C12H23N3OS/c1-9(2)14-11(16)8-13-12(17)15-10-6-4-3-5-7-10/h9-10H,3-8H2,1-2H3,(H,14,16)(H2,13,15,17). The third-order valence-corrected chi connectivity index (χ3v) is 3.06. The quantitative estimate of drug-likeness (QED) is 0.665. The Morgan fingerprint density at radius 3 is 2.53 bits per heavy atom. The molecule has 1 saturated carbocycles. The molecule has 17 heavy (non-hydrogen) atoms. The Labute approximate surface area is 109 Å². The molecule has 1 aliphatic carbocycles. The van der Waals surface area contributed by atoms with E-state index in [0.29, 0.717) is 11.2 Å². The highest BCUT2D eigenvalue weighted by Crippen LogP contribution is 2.17. The van der Waals surface area contributed by atoms with Gasteiger partial charge in [0, 0.05) is 12.1 Å². The molecule has 1 rings (SSSR count). The Morgan fingerprint density at radius 2 is 1.94 bits per heavy atom. The first kappa shape index (κ1) is 14.2. The zero-order chi connectivity index (χ0) is 12.7. The van der Waals surface area contributed by atoms with E-state index in [0.717, 1.165) is 0 Å². The average molecular weight is 257 g/mol. The van der Waals surface area contributed by atoms with Crippen LogP contribution >= 0.6 is 12.2 Å². The number of hydrogen-bond donors (Lipinski definition) is 3. The van der Waals surface area contributed by atoms with E-state index in [1.54, 1.807) is 0 Å². The lowest BCUT2D eigenvalue weighted by Crippen LogP contribution is -2.46. The topological polar surface area (TPSA) is 53.2 Å². The third kappa shape index (κ3) is 6.46. The molecule has 98 valence electrons. The van der Waals surface area contributed by atoms with Crippen molar-refractivity contribution in [2.24, 2.45) is 0 Å². The summed E-state index contributed by atoms with van der Waals surface area (Å²) in [6.07, 6.45) is 6.23. The van der Waals surface area contributed by atoms with E-state index in [9.17, 15) is 4.79 Å². The van der Waals surface area contributed by atoms with E-state index in [-0.39, 0.29) is 18.5 Å². The second-order valence-electron chi connectivity index (χ2n) is 4.88. The fraction of sp³-hybridized carbons (Fsp3) is 0.833. The van der Waals surface area contributed by atoms with E-state index in [4.69, 9.17) is 12.2 Å². The summed E-state index contributed by atoms with van der Waals surface area (Å²) in [5.41, 5.74) is 0. The molecule has 0 aromatic heterocycles. The van der Waals surface area contributed by atoms with Crippen molar-refractivity contribution in [3.63, 3.8) is 0 Å². The van der Waals surface area contributed by atoms with Crippen LogP contribution in [0.5, 0.6) is 0 Å². The normalized spacial score (nSPS) is 16.6. The number of hydrogen-bond acceptors (Lipinski definition) is 2. The summed E-state index contributed by atoms with van der Waals surface area (Å²) in [5.74, 6) is -0.0206. The van der Waals surface area contributed by atoms with Crippen LogP contribution in [0.3, 0.4) is 0 Å². The van der Waals surface area contributed by atoms with Crippen LogP contribution in [0.15, 0.2) is 0 Å². The molecule has 0 spiro atoms. The molecule has 0 aromatic rings. The number of amides is 1. The summed E-state index contributed by atoms with van der Waals surface area (Å²) in [4.78, 5) is 11.4. The van der Waals surface area contributed by atoms with Gasteiger partial charge >= 0.3 is 0 Å². The van der Waals surface area contributed by atoms with Gasteiger partial charge in [0.2, 0.25) is 5.91 Å². The molecule has 4 nitrogen and oxygen atoms in total. The van der Waals surface area contributed by atoms with Gasteiger partial charge in [0.1, 0.15) is 0 Å². The lowest BCUT2D eigenvalue weighted by molar-refractivity contribution is -0.120. The van der Waals surface area contributed by atoms with Gasteiger partial charge in [-0.3, -0.25) is 4.79 Å². The summed E-state index contributed by atoms with van der Waals surface area (Å²) in [7, 11) is 0. The van der Waals surface area contributed by atoms with Gasteiger partial charge in [0.25, 0.3) is 0 Å². The molecule has 3 N–H and O–H groups in total. The van der Waals surface area contributed by atoms with Crippen molar-refractivity contribution in [3.05, 3.63) is 0 Å². The zero-order valence-corrected chi connectivity index (χ0v) is 11.5. The van der Waals surface area contributed by atoms with Crippen molar-refractivity contribution in [3.8, 4) is 0 Å². The van der Waals surface area contributed by atoms with Crippen molar-refractivity contribution in [2.75, 3.05) is 6.54 Å². The van der Waals surface area contributed by atoms with E-state index in [1.807, 2.05) is 13.8 Å². The minimum Gasteiger partial charge on any atom is -0.360 e. The minimum atomic E-state index is -0.0206. The molecule has 0 aromatic carbocycles. The van der Waals surface area contributed by atoms with Gasteiger partial charge in [0.15, 0.2) is 5.11 Å². The Kier molecular flexibility index (Phi) is 6.26. The van der Waals surface area contributed by atoms with E-state index >= 15 is 0 Å². The number of rotatable bonds is 4. The highest BCUT2D eigenvalue weighted by Gasteiger charge is 2.14. The molecular weight excluding hydrogens is 234 g/mol. The highest BCUT2D eigenvalue weighted by atomic mass is 32.1. The second kappa shape index (κ2) is 7.48. The summed E-state index contributed by atoms with van der Waals surface area (Å²) in [6.45, 7) is 4.13. The summed E-state index contributed by atoms with van der Waals surface area (Å²) in [6, 6.07) is 0.654. The first-order chi connectivity index (χ1) is 8.08. The fourth-order valence-electron chi connectivity index (χ4n) is 2.02. The van der Waals surface area contributed by atoms with Crippen molar-refractivity contribution in [1.82, 2.24) is 16.0 Å².